The van der Waals surface area contributed by atoms with Gasteiger partial charge >= 0.3 is 0 Å². The molecule has 0 radical (unpaired) electrons. The second kappa shape index (κ2) is 14.1. The Labute approximate surface area is 198 Å². The summed E-state index contributed by atoms with van der Waals surface area (Å²) >= 11 is 6.14. The van der Waals surface area contributed by atoms with Gasteiger partial charge in [0.2, 0.25) is 0 Å². The summed E-state index contributed by atoms with van der Waals surface area (Å²) in [5, 5.41) is 1.25. The first-order valence-electron chi connectivity index (χ1n) is 10.5. The van der Waals surface area contributed by atoms with E-state index in [-0.39, 0.29) is 11.2 Å². The molecule has 32 heavy (non-hydrogen) atoms. The molecular weight excluding hydrogens is 420 g/mol. The van der Waals surface area contributed by atoms with E-state index in [0.29, 0.717) is 21.9 Å². The normalized spacial score (nSPS) is 12.0. The smallest absolute Gasteiger partial charge is 0.169 e. The Hall–Kier alpha value is -3.03. The van der Waals surface area contributed by atoms with Crippen molar-refractivity contribution in [1.82, 2.24) is 4.98 Å². The van der Waals surface area contributed by atoms with Gasteiger partial charge in [-0.3, -0.25) is 9.78 Å². The molecule has 0 aliphatic heterocycles. The van der Waals surface area contributed by atoms with Gasteiger partial charge in [-0.1, -0.05) is 76.9 Å². The van der Waals surface area contributed by atoms with E-state index in [1.165, 1.54) is 6.92 Å². The Kier molecular flexibility index (Phi) is 12.8. The van der Waals surface area contributed by atoms with E-state index in [9.17, 15) is 4.79 Å². The van der Waals surface area contributed by atoms with Crippen LogP contribution in [-0.4, -0.2) is 16.9 Å². The average Bonchev–Trinajstić information content (AvgIpc) is 2.74. The number of nitrogens with two attached hydrogens (primary N) is 1. The van der Waals surface area contributed by atoms with Gasteiger partial charge in [-0.05, 0) is 32.1 Å². The predicted octanol–water partition coefficient (Wildman–Crippen LogP) is 6.87. The van der Waals surface area contributed by atoms with Gasteiger partial charge in [0.15, 0.2) is 11.9 Å². The molecule has 0 aliphatic rings. The molecule has 0 aliphatic carbocycles. The minimum atomic E-state index is -0.516. The van der Waals surface area contributed by atoms with Crippen LogP contribution in [0.5, 0.6) is 5.75 Å². The Balaban J connectivity index is 0.000000635. The lowest BCUT2D eigenvalue weighted by Gasteiger charge is -2.18. The Morgan fingerprint density at radius 1 is 1.28 bits per heavy atom. The number of hydrogen-bond donors (Lipinski definition) is 1. The highest BCUT2D eigenvalue weighted by molar-refractivity contribution is 6.35. The molecule has 2 rings (SSSR count). The number of Topliss-reactive ketones (excluding diaryl/α,β-unsaturated/α-hetero) is 1. The molecule has 1 aromatic carbocycles. The van der Waals surface area contributed by atoms with E-state index in [2.05, 4.69) is 38.3 Å². The Morgan fingerprint density at radius 2 is 1.91 bits per heavy atom. The number of aromatic nitrogens is 1. The fourth-order valence-electron chi connectivity index (χ4n) is 2.10. The SMILES string of the molecule is C#Cc1cnc2c(Cl)cc(OC(C)C(C)=O)cc2c1.C=C/C=C\C=C(/N)C(C)(C)C.CC. The zero-order chi connectivity index (χ0) is 24.9. The number of nitrogens with zero attached hydrogens (tertiary/aromatic N) is 1. The number of benzene rings is 1. The van der Waals surface area contributed by atoms with Crippen LogP contribution < -0.4 is 10.5 Å². The van der Waals surface area contributed by atoms with Crippen molar-refractivity contribution in [2.75, 3.05) is 0 Å². The predicted molar refractivity (Wildman–Crippen MR) is 138 cm³/mol. The van der Waals surface area contributed by atoms with Crippen molar-refractivity contribution < 1.29 is 9.53 Å². The number of carbonyl (C=O) groups excluding carboxylic acids is 1. The van der Waals surface area contributed by atoms with Crippen molar-refractivity contribution >= 4 is 28.3 Å². The number of allylic oxidation sites excluding steroid dienone is 5. The maximum atomic E-state index is 11.2. The van der Waals surface area contributed by atoms with Gasteiger partial charge in [0.25, 0.3) is 0 Å². The van der Waals surface area contributed by atoms with E-state index in [0.717, 1.165) is 11.1 Å². The molecule has 0 fully saturated rings. The molecule has 2 N–H and O–H groups in total. The topological polar surface area (TPSA) is 65.2 Å². The van der Waals surface area contributed by atoms with Crippen molar-refractivity contribution in [2.45, 2.75) is 54.6 Å². The Bertz CT molecular complexity index is 1010. The molecular formula is C27H35ClN2O2. The molecule has 1 aromatic heterocycles. The van der Waals surface area contributed by atoms with Crippen LogP contribution in [0.3, 0.4) is 0 Å². The molecule has 5 heteroatoms. The molecule has 0 saturated heterocycles. The second-order valence-corrected chi connectivity index (χ2v) is 8.12. The van der Waals surface area contributed by atoms with Gasteiger partial charge in [0.05, 0.1) is 10.5 Å². The highest BCUT2D eigenvalue weighted by Crippen LogP contribution is 2.28. The minimum Gasteiger partial charge on any atom is -0.483 e. The summed E-state index contributed by atoms with van der Waals surface area (Å²) in [6.07, 6.45) is 13.8. The van der Waals surface area contributed by atoms with E-state index in [4.69, 9.17) is 28.5 Å². The number of terminal acetylenes is 1. The largest absolute Gasteiger partial charge is 0.483 e. The molecule has 2 aromatic rings. The van der Waals surface area contributed by atoms with Crippen molar-refractivity contribution in [3.05, 3.63) is 71.6 Å². The summed E-state index contributed by atoms with van der Waals surface area (Å²) in [4.78, 5) is 15.4. The maximum Gasteiger partial charge on any atom is 0.169 e. The van der Waals surface area contributed by atoms with Gasteiger partial charge in [-0.15, -0.1) is 6.42 Å². The van der Waals surface area contributed by atoms with Crippen molar-refractivity contribution in [2.24, 2.45) is 11.1 Å². The molecule has 0 saturated carbocycles. The van der Waals surface area contributed by atoms with Gasteiger partial charge in [0, 0.05) is 34.3 Å². The standard InChI is InChI=1S/C15H12ClNO2.C10H17N.C2H6/c1-4-11-5-12-6-13(19-10(3)9(2)18)7-14(16)15(12)17-8-11;1-5-6-7-8-9(11)10(2,3)4;1-2/h1,5-8,10H,2-3H3;5-8H,1,11H2,2-4H3;1-2H3/b;7-6-,9-8-;. The second-order valence-electron chi connectivity index (χ2n) is 7.71. The fourth-order valence-corrected chi connectivity index (χ4v) is 2.37. The molecule has 4 nitrogen and oxygen atoms in total. The zero-order valence-electron chi connectivity index (χ0n) is 20.2. The van der Waals surface area contributed by atoms with Crippen LogP contribution in [0.2, 0.25) is 5.02 Å². The van der Waals surface area contributed by atoms with Crippen LogP contribution in [0.1, 0.15) is 54.0 Å². The van der Waals surface area contributed by atoms with E-state index in [1.54, 1.807) is 37.4 Å². The van der Waals surface area contributed by atoms with Crippen LogP contribution in [0, 0.1) is 17.8 Å². The highest BCUT2D eigenvalue weighted by atomic mass is 35.5. The van der Waals surface area contributed by atoms with Crippen LogP contribution in [0.25, 0.3) is 10.9 Å². The first kappa shape index (κ1) is 29.0. The number of pyridine rings is 1. The number of ketones is 1. The summed E-state index contributed by atoms with van der Waals surface area (Å²) in [6.45, 7) is 17.0. The summed E-state index contributed by atoms with van der Waals surface area (Å²) in [5.41, 5.74) is 8.04. The number of ether oxygens (including phenoxy) is 1. The lowest BCUT2D eigenvalue weighted by molar-refractivity contribution is -0.122. The summed E-state index contributed by atoms with van der Waals surface area (Å²) in [7, 11) is 0. The van der Waals surface area contributed by atoms with Gasteiger partial charge in [-0.2, -0.15) is 0 Å². The molecule has 172 valence electrons. The Morgan fingerprint density at radius 3 is 2.41 bits per heavy atom. The minimum absolute atomic E-state index is 0.0493. The van der Waals surface area contributed by atoms with Crippen LogP contribution >= 0.6 is 11.6 Å². The van der Waals surface area contributed by atoms with Crippen LogP contribution in [0.15, 0.2) is 61.0 Å². The molecule has 0 amide bonds. The highest BCUT2D eigenvalue weighted by Gasteiger charge is 2.12. The van der Waals surface area contributed by atoms with E-state index in [1.807, 2.05) is 32.1 Å². The number of fused-ring (bicyclic) bond motifs is 1. The molecule has 0 bridgehead atoms. The monoisotopic (exact) mass is 454 g/mol. The van der Waals surface area contributed by atoms with Crippen molar-refractivity contribution in [1.29, 1.82) is 0 Å². The van der Waals surface area contributed by atoms with Crippen LogP contribution in [-0.2, 0) is 4.79 Å². The zero-order valence-corrected chi connectivity index (χ0v) is 21.0. The van der Waals surface area contributed by atoms with Gasteiger partial charge < -0.3 is 10.5 Å². The maximum absolute atomic E-state index is 11.2. The number of carbonyl (C=O) groups is 1. The van der Waals surface area contributed by atoms with Crippen molar-refractivity contribution in [3.8, 4) is 18.1 Å². The van der Waals surface area contributed by atoms with Gasteiger partial charge in [-0.25, -0.2) is 0 Å². The summed E-state index contributed by atoms with van der Waals surface area (Å²) < 4.78 is 5.52. The number of hydrogen-bond acceptors (Lipinski definition) is 4. The third-order valence-electron chi connectivity index (χ3n) is 4.15. The van der Waals surface area contributed by atoms with E-state index >= 15 is 0 Å². The lowest BCUT2D eigenvalue weighted by Crippen LogP contribution is -2.20. The molecule has 0 spiro atoms. The third-order valence-corrected chi connectivity index (χ3v) is 4.44. The fraction of sp³-hybridized carbons (Fsp3) is 0.333. The lowest BCUT2D eigenvalue weighted by atomic mass is 9.92. The van der Waals surface area contributed by atoms with Crippen molar-refractivity contribution in [3.63, 3.8) is 0 Å². The average molecular weight is 455 g/mol. The van der Waals surface area contributed by atoms with Gasteiger partial charge in [0.1, 0.15) is 5.75 Å². The summed E-state index contributed by atoms with van der Waals surface area (Å²) in [5.74, 6) is 2.99. The molecule has 1 unspecified atom stereocenters. The molecule has 1 atom stereocenters. The molecule has 1 heterocycles. The number of rotatable bonds is 5. The number of halogens is 1. The summed E-state index contributed by atoms with van der Waals surface area (Å²) in [6, 6.07) is 5.22. The van der Waals surface area contributed by atoms with E-state index < -0.39 is 6.10 Å². The first-order valence-corrected chi connectivity index (χ1v) is 10.9. The quantitative estimate of drug-likeness (QED) is 0.395. The van der Waals surface area contributed by atoms with Crippen LogP contribution in [0.4, 0.5) is 0 Å². The first-order chi connectivity index (χ1) is 15.0. The third kappa shape index (κ3) is 9.85.